The number of ketones is 1. The Hall–Kier alpha value is -2.46. The van der Waals surface area contributed by atoms with Crippen molar-refractivity contribution in [1.29, 1.82) is 0 Å². The standard InChI is InChI=1S/C22H20ClFO3/c23-19-7-4-8-20(24)18(19)13-14-21(25)15-9-11-17(12-10-15)27-22(26)16-5-2-1-3-6-16/h4,7-14,16H,1-3,5-6H2/b14-13+. The Morgan fingerprint density at radius 2 is 1.74 bits per heavy atom. The Morgan fingerprint density at radius 3 is 2.41 bits per heavy atom. The fourth-order valence-corrected chi connectivity index (χ4v) is 3.38. The molecule has 0 saturated heterocycles. The molecule has 0 aromatic heterocycles. The summed E-state index contributed by atoms with van der Waals surface area (Å²) in [6.07, 6.45) is 7.67. The Balaban J connectivity index is 1.63. The molecule has 1 aliphatic carbocycles. The van der Waals surface area contributed by atoms with E-state index in [4.69, 9.17) is 16.3 Å². The van der Waals surface area contributed by atoms with Crippen molar-refractivity contribution in [1.82, 2.24) is 0 Å². The van der Waals surface area contributed by atoms with E-state index in [1.165, 1.54) is 30.7 Å². The smallest absolute Gasteiger partial charge is 0.314 e. The van der Waals surface area contributed by atoms with Gasteiger partial charge in [0.25, 0.3) is 0 Å². The first-order valence-corrected chi connectivity index (χ1v) is 9.40. The lowest BCUT2D eigenvalue weighted by atomic mass is 9.89. The lowest BCUT2D eigenvalue weighted by Crippen LogP contribution is -2.22. The van der Waals surface area contributed by atoms with E-state index in [2.05, 4.69) is 0 Å². The Bertz CT molecular complexity index is 832. The summed E-state index contributed by atoms with van der Waals surface area (Å²) in [5.41, 5.74) is 0.585. The van der Waals surface area contributed by atoms with Gasteiger partial charge in [-0.25, -0.2) is 4.39 Å². The van der Waals surface area contributed by atoms with E-state index >= 15 is 0 Å². The lowest BCUT2D eigenvalue weighted by Gasteiger charge is -2.19. The quantitative estimate of drug-likeness (QED) is 0.280. The van der Waals surface area contributed by atoms with Gasteiger partial charge in [0.15, 0.2) is 5.78 Å². The average Bonchev–Trinajstić information content (AvgIpc) is 2.68. The highest BCUT2D eigenvalue weighted by atomic mass is 35.5. The van der Waals surface area contributed by atoms with Crippen LogP contribution in [0.5, 0.6) is 5.75 Å². The number of rotatable bonds is 5. The van der Waals surface area contributed by atoms with E-state index in [1.54, 1.807) is 30.3 Å². The molecular weight excluding hydrogens is 367 g/mol. The molecule has 0 atom stereocenters. The topological polar surface area (TPSA) is 43.4 Å². The minimum atomic E-state index is -0.489. The minimum Gasteiger partial charge on any atom is -0.426 e. The molecule has 0 heterocycles. The second kappa shape index (κ2) is 8.96. The SMILES string of the molecule is O=C(/C=C/c1c(F)cccc1Cl)c1ccc(OC(=O)C2CCCCC2)cc1. The van der Waals surface area contributed by atoms with Crippen molar-refractivity contribution < 1.29 is 18.7 Å². The maximum absolute atomic E-state index is 13.7. The van der Waals surface area contributed by atoms with Gasteiger partial charge in [0.05, 0.1) is 10.9 Å². The minimum absolute atomic E-state index is 0.0338. The highest BCUT2D eigenvalue weighted by Gasteiger charge is 2.22. The van der Waals surface area contributed by atoms with Crippen molar-refractivity contribution in [3.05, 3.63) is 70.5 Å². The maximum Gasteiger partial charge on any atom is 0.314 e. The Labute approximate surface area is 162 Å². The molecule has 0 bridgehead atoms. The van der Waals surface area contributed by atoms with Crippen LogP contribution in [0.4, 0.5) is 4.39 Å². The molecule has 1 saturated carbocycles. The van der Waals surface area contributed by atoms with E-state index in [0.29, 0.717) is 11.3 Å². The van der Waals surface area contributed by atoms with Gasteiger partial charge < -0.3 is 4.74 Å². The van der Waals surface area contributed by atoms with Gasteiger partial charge in [0.1, 0.15) is 11.6 Å². The number of esters is 1. The Kier molecular flexibility index (Phi) is 6.40. The predicted octanol–water partition coefficient (Wildman–Crippen LogP) is 5.86. The van der Waals surface area contributed by atoms with Crippen molar-refractivity contribution in [3.8, 4) is 5.75 Å². The van der Waals surface area contributed by atoms with Crippen LogP contribution in [0.25, 0.3) is 6.08 Å². The van der Waals surface area contributed by atoms with Gasteiger partial charge in [-0.15, -0.1) is 0 Å². The van der Waals surface area contributed by atoms with Crippen LogP contribution in [0.3, 0.4) is 0 Å². The van der Waals surface area contributed by atoms with Crippen LogP contribution in [0.2, 0.25) is 5.02 Å². The zero-order valence-electron chi connectivity index (χ0n) is 14.8. The summed E-state index contributed by atoms with van der Waals surface area (Å²) in [4.78, 5) is 24.4. The largest absolute Gasteiger partial charge is 0.426 e. The number of allylic oxidation sites excluding steroid dienone is 1. The first-order chi connectivity index (χ1) is 13.0. The van der Waals surface area contributed by atoms with E-state index in [9.17, 15) is 14.0 Å². The van der Waals surface area contributed by atoms with Crippen LogP contribution in [-0.2, 0) is 4.79 Å². The van der Waals surface area contributed by atoms with E-state index in [1.807, 2.05) is 0 Å². The summed E-state index contributed by atoms with van der Waals surface area (Å²) < 4.78 is 19.1. The fourth-order valence-electron chi connectivity index (χ4n) is 3.15. The van der Waals surface area contributed by atoms with Gasteiger partial charge in [-0.1, -0.05) is 36.9 Å². The van der Waals surface area contributed by atoms with Gasteiger partial charge in [-0.05, 0) is 61.4 Å². The van der Waals surface area contributed by atoms with Crippen LogP contribution in [0, 0.1) is 11.7 Å². The molecule has 3 rings (SSSR count). The summed E-state index contributed by atoms with van der Waals surface area (Å²) in [6.45, 7) is 0. The third kappa shape index (κ3) is 5.04. The van der Waals surface area contributed by atoms with Crippen LogP contribution in [0.1, 0.15) is 48.0 Å². The number of carbonyl (C=O) groups is 2. The van der Waals surface area contributed by atoms with Crippen molar-refractivity contribution in [2.24, 2.45) is 5.92 Å². The van der Waals surface area contributed by atoms with E-state index < -0.39 is 5.82 Å². The first-order valence-electron chi connectivity index (χ1n) is 9.03. The highest BCUT2D eigenvalue weighted by Crippen LogP contribution is 2.26. The molecule has 27 heavy (non-hydrogen) atoms. The summed E-state index contributed by atoms with van der Waals surface area (Å²) in [5, 5.41) is 0.240. The van der Waals surface area contributed by atoms with Crippen LogP contribution >= 0.6 is 11.6 Å². The summed E-state index contributed by atoms with van der Waals surface area (Å²) in [6, 6.07) is 10.7. The van der Waals surface area contributed by atoms with E-state index in [-0.39, 0.29) is 28.3 Å². The van der Waals surface area contributed by atoms with Gasteiger partial charge in [-0.3, -0.25) is 9.59 Å². The maximum atomic E-state index is 13.7. The third-order valence-corrected chi connectivity index (χ3v) is 5.03. The molecule has 140 valence electrons. The molecule has 0 aliphatic heterocycles. The number of benzene rings is 2. The molecule has 0 amide bonds. The normalized spacial score (nSPS) is 15.0. The molecule has 5 heteroatoms. The molecule has 1 aliphatic rings. The predicted molar refractivity (Wildman–Crippen MR) is 103 cm³/mol. The number of hydrogen-bond acceptors (Lipinski definition) is 3. The van der Waals surface area contributed by atoms with Crippen molar-refractivity contribution >= 4 is 29.4 Å². The van der Waals surface area contributed by atoms with Crippen LogP contribution in [-0.4, -0.2) is 11.8 Å². The van der Waals surface area contributed by atoms with E-state index in [0.717, 1.165) is 25.7 Å². The molecule has 0 radical (unpaired) electrons. The van der Waals surface area contributed by atoms with Gasteiger partial charge in [0.2, 0.25) is 0 Å². The first kappa shape index (κ1) is 19.3. The van der Waals surface area contributed by atoms with Crippen LogP contribution < -0.4 is 4.74 Å². The molecule has 0 unspecified atom stereocenters. The van der Waals surface area contributed by atoms with Crippen LogP contribution in [0.15, 0.2) is 48.5 Å². The average molecular weight is 387 g/mol. The number of halogens is 2. The molecular formula is C22H20ClFO3. The third-order valence-electron chi connectivity index (χ3n) is 4.70. The summed E-state index contributed by atoms with van der Waals surface area (Å²) in [5.74, 6) is -0.601. The molecule has 3 nitrogen and oxygen atoms in total. The second-order valence-corrected chi connectivity index (χ2v) is 7.02. The fraction of sp³-hybridized carbons (Fsp3) is 0.273. The zero-order valence-corrected chi connectivity index (χ0v) is 15.5. The summed E-state index contributed by atoms with van der Waals surface area (Å²) >= 11 is 5.94. The van der Waals surface area contributed by atoms with Gasteiger partial charge in [-0.2, -0.15) is 0 Å². The number of ether oxygens (including phenoxy) is 1. The molecule has 2 aromatic rings. The van der Waals surface area contributed by atoms with Crippen molar-refractivity contribution in [3.63, 3.8) is 0 Å². The molecule has 1 fully saturated rings. The van der Waals surface area contributed by atoms with Crippen molar-refractivity contribution in [2.45, 2.75) is 32.1 Å². The van der Waals surface area contributed by atoms with Gasteiger partial charge >= 0.3 is 5.97 Å². The highest BCUT2D eigenvalue weighted by molar-refractivity contribution is 6.32. The monoisotopic (exact) mass is 386 g/mol. The molecule has 2 aromatic carbocycles. The number of hydrogen-bond donors (Lipinski definition) is 0. The number of carbonyl (C=O) groups excluding carboxylic acids is 2. The van der Waals surface area contributed by atoms with Crippen molar-refractivity contribution in [2.75, 3.05) is 0 Å². The molecule has 0 spiro atoms. The second-order valence-electron chi connectivity index (χ2n) is 6.61. The van der Waals surface area contributed by atoms with Gasteiger partial charge in [0, 0.05) is 11.1 Å². The lowest BCUT2D eigenvalue weighted by molar-refractivity contribution is -0.139. The zero-order chi connectivity index (χ0) is 19.2. The molecule has 0 N–H and O–H groups in total. The summed E-state index contributed by atoms with van der Waals surface area (Å²) in [7, 11) is 0. The Morgan fingerprint density at radius 1 is 1.04 bits per heavy atom.